The van der Waals surface area contributed by atoms with E-state index in [1.54, 1.807) is 6.08 Å². The normalized spacial score (nSPS) is 12.6. The molecular weight excluding hydrogens is 1020 g/mol. The SMILES string of the molecule is CCCCCCCCCCCCCCCCCCCCCCCCC/C=C/C(O)C(CO)NC(=O)CCCCCCCCCCCCCC/C=C\CCCCCCCCCCCCCCOC(=O)CCCCCCCCCCCCCCC. The van der Waals surface area contributed by atoms with Crippen molar-refractivity contribution in [3.8, 4) is 0 Å². The third-order valence-corrected chi connectivity index (χ3v) is 18.0. The highest BCUT2D eigenvalue weighted by molar-refractivity contribution is 5.76. The van der Waals surface area contributed by atoms with E-state index in [1.807, 2.05) is 6.08 Å². The summed E-state index contributed by atoms with van der Waals surface area (Å²) in [4.78, 5) is 24.6. The molecule has 0 aliphatic heterocycles. The third kappa shape index (κ3) is 69.3. The highest BCUT2D eigenvalue weighted by Crippen LogP contribution is 2.19. The average Bonchev–Trinajstić information content (AvgIpc) is 3.49. The maximum atomic E-state index is 12.5. The van der Waals surface area contributed by atoms with Crippen molar-refractivity contribution in [2.45, 2.75) is 443 Å². The molecule has 0 radical (unpaired) electrons. The van der Waals surface area contributed by atoms with E-state index in [4.69, 9.17) is 4.74 Å². The minimum atomic E-state index is -0.846. The van der Waals surface area contributed by atoms with E-state index in [0.717, 1.165) is 38.5 Å². The number of amides is 1. The van der Waals surface area contributed by atoms with Crippen molar-refractivity contribution in [1.82, 2.24) is 5.32 Å². The molecular formula is C77H149NO5. The Bertz CT molecular complexity index is 1300. The molecule has 0 aliphatic rings. The monoisotopic (exact) mass is 1170 g/mol. The molecule has 492 valence electrons. The maximum absolute atomic E-state index is 12.5. The number of aliphatic hydroxyl groups is 2. The van der Waals surface area contributed by atoms with Gasteiger partial charge in [0, 0.05) is 12.8 Å². The number of ether oxygens (including phenoxy) is 1. The van der Waals surface area contributed by atoms with E-state index in [2.05, 4.69) is 31.3 Å². The number of carbonyl (C=O) groups excluding carboxylic acids is 2. The zero-order chi connectivity index (χ0) is 59.9. The molecule has 0 fully saturated rings. The van der Waals surface area contributed by atoms with Gasteiger partial charge in [-0.05, 0) is 57.8 Å². The van der Waals surface area contributed by atoms with E-state index >= 15 is 0 Å². The van der Waals surface area contributed by atoms with Gasteiger partial charge in [0.2, 0.25) is 5.91 Å². The zero-order valence-electron chi connectivity index (χ0n) is 56.5. The van der Waals surface area contributed by atoms with Crippen LogP contribution in [0, 0.1) is 0 Å². The lowest BCUT2D eigenvalue weighted by Gasteiger charge is -2.20. The van der Waals surface area contributed by atoms with Crippen molar-refractivity contribution >= 4 is 11.9 Å². The molecule has 0 aromatic heterocycles. The van der Waals surface area contributed by atoms with E-state index in [-0.39, 0.29) is 18.5 Å². The molecule has 0 bridgehead atoms. The third-order valence-electron chi connectivity index (χ3n) is 18.0. The Labute approximate surface area is 520 Å². The average molecular weight is 1170 g/mol. The number of hydrogen-bond acceptors (Lipinski definition) is 5. The first-order valence-corrected chi connectivity index (χ1v) is 38.1. The van der Waals surface area contributed by atoms with Gasteiger partial charge in [-0.1, -0.05) is 385 Å². The molecule has 0 aliphatic carbocycles. The van der Waals surface area contributed by atoms with Gasteiger partial charge in [-0.2, -0.15) is 0 Å². The number of esters is 1. The fourth-order valence-corrected chi connectivity index (χ4v) is 12.2. The summed E-state index contributed by atoms with van der Waals surface area (Å²) in [6.07, 6.45) is 92.8. The fraction of sp³-hybridized carbons (Fsp3) is 0.922. The number of rotatable bonds is 72. The summed E-state index contributed by atoms with van der Waals surface area (Å²) in [6.45, 7) is 4.95. The molecule has 6 heteroatoms. The molecule has 0 heterocycles. The van der Waals surface area contributed by atoms with Gasteiger partial charge in [0.05, 0.1) is 25.4 Å². The van der Waals surface area contributed by atoms with Gasteiger partial charge in [0.15, 0.2) is 0 Å². The lowest BCUT2D eigenvalue weighted by atomic mass is 10.0. The molecule has 0 aromatic rings. The van der Waals surface area contributed by atoms with Crippen molar-refractivity contribution in [2.75, 3.05) is 13.2 Å². The van der Waals surface area contributed by atoms with Gasteiger partial charge in [-0.25, -0.2) is 0 Å². The predicted molar refractivity (Wildman–Crippen MR) is 366 cm³/mol. The molecule has 3 N–H and O–H groups in total. The summed E-state index contributed by atoms with van der Waals surface area (Å²) >= 11 is 0. The number of carbonyl (C=O) groups is 2. The van der Waals surface area contributed by atoms with Gasteiger partial charge >= 0.3 is 5.97 Å². The molecule has 0 saturated carbocycles. The van der Waals surface area contributed by atoms with Crippen LogP contribution in [0.15, 0.2) is 24.3 Å². The summed E-state index contributed by atoms with van der Waals surface area (Å²) in [5.74, 6) is -0.0448. The van der Waals surface area contributed by atoms with E-state index in [1.165, 1.54) is 366 Å². The van der Waals surface area contributed by atoms with Crippen molar-refractivity contribution in [1.29, 1.82) is 0 Å². The predicted octanol–water partition coefficient (Wildman–Crippen LogP) is 24.9. The molecule has 0 aromatic carbocycles. The minimum Gasteiger partial charge on any atom is -0.466 e. The van der Waals surface area contributed by atoms with Crippen molar-refractivity contribution in [3.05, 3.63) is 24.3 Å². The summed E-state index contributed by atoms with van der Waals surface area (Å²) in [6, 6.07) is -0.629. The highest BCUT2D eigenvalue weighted by atomic mass is 16.5. The van der Waals surface area contributed by atoms with Crippen LogP contribution in [0.2, 0.25) is 0 Å². The number of unbranched alkanes of at least 4 members (excludes halogenated alkanes) is 59. The highest BCUT2D eigenvalue weighted by Gasteiger charge is 2.18. The summed E-state index contributed by atoms with van der Waals surface area (Å²) < 4.78 is 5.49. The molecule has 0 spiro atoms. The Kier molecular flexibility index (Phi) is 71.4. The summed E-state index contributed by atoms with van der Waals surface area (Å²) in [5, 5.41) is 23.3. The minimum absolute atomic E-state index is 0.0180. The van der Waals surface area contributed by atoms with Gasteiger partial charge in [-0.15, -0.1) is 0 Å². The molecule has 0 saturated heterocycles. The number of allylic oxidation sites excluding steroid dienone is 3. The Morgan fingerprint density at radius 3 is 0.855 bits per heavy atom. The van der Waals surface area contributed by atoms with Gasteiger partial charge in [0.25, 0.3) is 0 Å². The number of hydrogen-bond donors (Lipinski definition) is 3. The zero-order valence-corrected chi connectivity index (χ0v) is 56.5. The van der Waals surface area contributed by atoms with Gasteiger partial charge < -0.3 is 20.3 Å². The van der Waals surface area contributed by atoms with Crippen molar-refractivity contribution in [2.24, 2.45) is 0 Å². The van der Waals surface area contributed by atoms with Crippen LogP contribution in [0.25, 0.3) is 0 Å². The van der Waals surface area contributed by atoms with Crippen LogP contribution in [0.5, 0.6) is 0 Å². The number of aliphatic hydroxyl groups excluding tert-OH is 2. The van der Waals surface area contributed by atoms with Crippen molar-refractivity contribution < 1.29 is 24.5 Å². The Hall–Kier alpha value is -1.66. The molecule has 0 rings (SSSR count). The quantitative estimate of drug-likeness (QED) is 0.0320. The molecule has 1 amide bonds. The fourth-order valence-electron chi connectivity index (χ4n) is 12.2. The Balaban J connectivity index is 3.40. The first-order valence-electron chi connectivity index (χ1n) is 38.1. The number of nitrogens with one attached hydrogen (secondary N) is 1. The lowest BCUT2D eigenvalue weighted by molar-refractivity contribution is -0.143. The summed E-state index contributed by atoms with van der Waals surface area (Å²) in [5.41, 5.74) is 0. The van der Waals surface area contributed by atoms with Crippen LogP contribution >= 0.6 is 0 Å². The van der Waals surface area contributed by atoms with Crippen molar-refractivity contribution in [3.63, 3.8) is 0 Å². The molecule has 2 unspecified atom stereocenters. The van der Waals surface area contributed by atoms with E-state index < -0.39 is 12.1 Å². The molecule has 6 nitrogen and oxygen atoms in total. The topological polar surface area (TPSA) is 95.9 Å². The Morgan fingerprint density at radius 2 is 0.566 bits per heavy atom. The van der Waals surface area contributed by atoms with Crippen LogP contribution in [0.4, 0.5) is 0 Å². The van der Waals surface area contributed by atoms with Crippen LogP contribution in [0.1, 0.15) is 431 Å². The lowest BCUT2D eigenvalue weighted by Crippen LogP contribution is -2.45. The van der Waals surface area contributed by atoms with Gasteiger partial charge in [0.1, 0.15) is 0 Å². The second kappa shape index (κ2) is 72.8. The Morgan fingerprint density at radius 1 is 0.325 bits per heavy atom. The van der Waals surface area contributed by atoms with Gasteiger partial charge in [-0.3, -0.25) is 9.59 Å². The van der Waals surface area contributed by atoms with E-state index in [9.17, 15) is 19.8 Å². The summed E-state index contributed by atoms with van der Waals surface area (Å²) in [7, 11) is 0. The van der Waals surface area contributed by atoms with Crippen LogP contribution < -0.4 is 5.32 Å². The first-order chi connectivity index (χ1) is 41.0. The smallest absolute Gasteiger partial charge is 0.305 e. The van der Waals surface area contributed by atoms with Crippen LogP contribution in [0.3, 0.4) is 0 Å². The maximum Gasteiger partial charge on any atom is 0.305 e. The first kappa shape index (κ1) is 81.3. The van der Waals surface area contributed by atoms with Crippen LogP contribution in [-0.2, 0) is 14.3 Å². The van der Waals surface area contributed by atoms with E-state index in [0.29, 0.717) is 19.4 Å². The standard InChI is InChI=1S/C77H149NO5/c1-3-5-7-9-11-13-15-17-18-19-20-21-22-27-30-33-36-39-42-46-49-53-57-61-65-69-75(80)74(73-79)78-76(81)70-66-62-58-54-50-47-43-40-37-34-31-28-25-23-24-26-29-32-35-38-41-44-48-52-56-60-64-68-72-83-77(82)71-67-63-59-55-51-45-16-14-12-10-8-6-4-2/h23-24,65,69,74-75,79-80H,3-22,25-64,66-68,70-73H2,1-2H3,(H,78,81)/b24-23-,69-65+. The largest absolute Gasteiger partial charge is 0.466 e. The molecule has 83 heavy (non-hydrogen) atoms. The second-order valence-electron chi connectivity index (χ2n) is 26.3. The van der Waals surface area contributed by atoms with Crippen LogP contribution in [-0.4, -0.2) is 47.4 Å². The molecule has 2 atom stereocenters. The second-order valence-corrected chi connectivity index (χ2v) is 26.3.